The summed E-state index contributed by atoms with van der Waals surface area (Å²) < 4.78 is 15.5. The number of nitrogens with zero attached hydrogens (tertiary/aromatic N) is 1. The van der Waals surface area contributed by atoms with Crippen LogP contribution in [-0.2, 0) is 14.3 Å². The Hall–Kier alpha value is -3.50. The van der Waals surface area contributed by atoms with Crippen molar-refractivity contribution in [1.82, 2.24) is 0 Å². The molecule has 0 aromatic heterocycles. The van der Waals surface area contributed by atoms with Gasteiger partial charge in [-0.1, -0.05) is 29.8 Å². The zero-order valence-electron chi connectivity index (χ0n) is 15.9. The summed E-state index contributed by atoms with van der Waals surface area (Å²) in [5.41, 5.74) is 0.914. The number of esters is 1. The maximum atomic E-state index is 12.4. The third kappa shape index (κ3) is 6.26. The second kappa shape index (κ2) is 10.7. The fourth-order valence-electron chi connectivity index (χ4n) is 2.30. The van der Waals surface area contributed by atoms with E-state index >= 15 is 0 Å². The standard InChI is InChI=1S/C21H19ClN2O5/c1-3-28-18-11-14(10-17(22)20(18)29-13-19(25)27-2)9-15(12-23)21(26)24-16-7-5-4-6-8-16/h4-11H,3,13H2,1-2H3,(H,24,26)/b15-9+. The average Bonchev–Trinajstić information content (AvgIpc) is 2.72. The van der Waals surface area contributed by atoms with E-state index in [-0.39, 0.29) is 28.7 Å². The van der Waals surface area contributed by atoms with Crippen molar-refractivity contribution < 1.29 is 23.8 Å². The molecule has 1 amide bonds. The lowest BCUT2D eigenvalue weighted by molar-refractivity contribution is -0.142. The Bertz CT molecular complexity index is 952. The molecule has 0 saturated heterocycles. The molecule has 1 N–H and O–H groups in total. The number of nitriles is 1. The van der Waals surface area contributed by atoms with E-state index in [1.165, 1.54) is 19.3 Å². The van der Waals surface area contributed by atoms with Crippen molar-refractivity contribution in [3.8, 4) is 17.6 Å². The highest BCUT2D eigenvalue weighted by atomic mass is 35.5. The topological polar surface area (TPSA) is 97.6 Å². The second-order valence-electron chi connectivity index (χ2n) is 5.62. The molecule has 0 unspecified atom stereocenters. The van der Waals surface area contributed by atoms with Crippen LogP contribution in [0.25, 0.3) is 6.08 Å². The molecule has 0 atom stereocenters. The van der Waals surface area contributed by atoms with Gasteiger partial charge < -0.3 is 19.5 Å². The highest BCUT2D eigenvalue weighted by molar-refractivity contribution is 6.32. The van der Waals surface area contributed by atoms with E-state index in [1.54, 1.807) is 37.3 Å². The lowest BCUT2D eigenvalue weighted by atomic mass is 10.1. The number of methoxy groups -OCH3 is 1. The minimum atomic E-state index is -0.572. The van der Waals surface area contributed by atoms with E-state index in [0.29, 0.717) is 17.9 Å². The number of anilines is 1. The van der Waals surface area contributed by atoms with Crippen molar-refractivity contribution in [3.05, 3.63) is 58.6 Å². The normalized spacial score (nSPS) is 10.6. The van der Waals surface area contributed by atoms with E-state index in [0.717, 1.165) is 0 Å². The maximum Gasteiger partial charge on any atom is 0.343 e. The average molecular weight is 415 g/mol. The van der Waals surface area contributed by atoms with Gasteiger partial charge in [-0.05, 0) is 42.8 Å². The lowest BCUT2D eigenvalue weighted by Gasteiger charge is -2.14. The summed E-state index contributed by atoms with van der Waals surface area (Å²) in [5.74, 6) is -0.685. The van der Waals surface area contributed by atoms with Crippen LogP contribution in [0, 0.1) is 11.3 Å². The van der Waals surface area contributed by atoms with Crippen LogP contribution in [0.1, 0.15) is 12.5 Å². The van der Waals surface area contributed by atoms with Gasteiger partial charge in [0, 0.05) is 5.69 Å². The van der Waals surface area contributed by atoms with Crippen LogP contribution in [0.15, 0.2) is 48.0 Å². The summed E-state index contributed by atoms with van der Waals surface area (Å²) in [6, 6.07) is 13.7. The molecule has 0 aliphatic carbocycles. The van der Waals surface area contributed by atoms with E-state index < -0.39 is 11.9 Å². The van der Waals surface area contributed by atoms with Gasteiger partial charge in [-0.15, -0.1) is 0 Å². The molecule has 2 rings (SSSR count). The predicted molar refractivity (Wildman–Crippen MR) is 109 cm³/mol. The molecular formula is C21H19ClN2O5. The Morgan fingerprint density at radius 3 is 2.55 bits per heavy atom. The molecule has 7 nitrogen and oxygen atoms in total. The highest BCUT2D eigenvalue weighted by Gasteiger charge is 2.16. The summed E-state index contributed by atoms with van der Waals surface area (Å²) in [6.07, 6.45) is 1.39. The molecule has 150 valence electrons. The number of para-hydroxylation sites is 1. The summed E-state index contributed by atoms with van der Waals surface area (Å²) >= 11 is 6.26. The van der Waals surface area contributed by atoms with Gasteiger partial charge in [-0.2, -0.15) is 5.26 Å². The molecule has 2 aromatic rings. The van der Waals surface area contributed by atoms with Gasteiger partial charge >= 0.3 is 5.97 Å². The third-order valence-corrected chi connectivity index (χ3v) is 3.88. The highest BCUT2D eigenvalue weighted by Crippen LogP contribution is 2.37. The Labute approximate surface area is 173 Å². The van der Waals surface area contributed by atoms with Crippen molar-refractivity contribution in [2.24, 2.45) is 0 Å². The SMILES string of the molecule is CCOc1cc(/C=C(\C#N)C(=O)Nc2ccccc2)cc(Cl)c1OCC(=O)OC. The Balaban J connectivity index is 2.30. The number of amides is 1. The number of ether oxygens (including phenoxy) is 3. The van der Waals surface area contributed by atoms with Crippen molar-refractivity contribution in [3.63, 3.8) is 0 Å². The van der Waals surface area contributed by atoms with Crippen LogP contribution in [0.5, 0.6) is 11.5 Å². The molecule has 29 heavy (non-hydrogen) atoms. The summed E-state index contributed by atoms with van der Waals surface area (Å²) in [6.45, 7) is 1.75. The quantitative estimate of drug-likeness (QED) is 0.400. The van der Waals surface area contributed by atoms with Gasteiger partial charge in [0.05, 0.1) is 18.7 Å². The maximum absolute atomic E-state index is 12.4. The van der Waals surface area contributed by atoms with E-state index in [1.807, 2.05) is 12.1 Å². The molecule has 0 bridgehead atoms. The Morgan fingerprint density at radius 2 is 1.93 bits per heavy atom. The van der Waals surface area contributed by atoms with Crippen LogP contribution in [-0.4, -0.2) is 32.2 Å². The molecule has 0 heterocycles. The molecule has 0 saturated carbocycles. The zero-order chi connectivity index (χ0) is 21.2. The van der Waals surface area contributed by atoms with E-state index in [9.17, 15) is 14.9 Å². The van der Waals surface area contributed by atoms with Gasteiger partial charge in [0.2, 0.25) is 0 Å². The number of halogens is 1. The fraction of sp³-hybridized carbons (Fsp3) is 0.190. The number of hydrogen-bond acceptors (Lipinski definition) is 6. The molecule has 0 radical (unpaired) electrons. The number of benzene rings is 2. The Morgan fingerprint density at radius 1 is 1.21 bits per heavy atom. The number of carbonyl (C=O) groups is 2. The monoisotopic (exact) mass is 414 g/mol. The molecule has 0 aliphatic heterocycles. The zero-order valence-corrected chi connectivity index (χ0v) is 16.7. The van der Waals surface area contributed by atoms with E-state index in [2.05, 4.69) is 10.1 Å². The van der Waals surface area contributed by atoms with Crippen molar-refractivity contribution in [1.29, 1.82) is 5.26 Å². The number of carbonyl (C=O) groups excluding carboxylic acids is 2. The second-order valence-corrected chi connectivity index (χ2v) is 6.02. The van der Waals surface area contributed by atoms with Crippen LogP contribution >= 0.6 is 11.6 Å². The smallest absolute Gasteiger partial charge is 0.343 e. The largest absolute Gasteiger partial charge is 0.490 e. The van der Waals surface area contributed by atoms with Gasteiger partial charge in [0.1, 0.15) is 11.6 Å². The first-order valence-corrected chi connectivity index (χ1v) is 9.00. The minimum absolute atomic E-state index is 0.115. The molecule has 0 fully saturated rings. The molecule has 2 aromatic carbocycles. The number of rotatable bonds is 8. The molecule has 0 aliphatic rings. The van der Waals surface area contributed by atoms with Gasteiger partial charge in [-0.3, -0.25) is 4.79 Å². The van der Waals surface area contributed by atoms with Crippen LogP contribution < -0.4 is 14.8 Å². The first-order chi connectivity index (χ1) is 14.0. The third-order valence-electron chi connectivity index (χ3n) is 3.60. The fourth-order valence-corrected chi connectivity index (χ4v) is 2.57. The molecule has 0 spiro atoms. The predicted octanol–water partition coefficient (Wildman–Crippen LogP) is 3.84. The lowest BCUT2D eigenvalue weighted by Crippen LogP contribution is -2.14. The number of nitrogens with one attached hydrogen (secondary N) is 1. The summed E-state index contributed by atoms with van der Waals surface area (Å²) in [7, 11) is 1.24. The van der Waals surface area contributed by atoms with Crippen molar-refractivity contribution >= 4 is 35.2 Å². The Kier molecular flexibility index (Phi) is 8.07. The van der Waals surface area contributed by atoms with Crippen molar-refractivity contribution in [2.75, 3.05) is 25.6 Å². The summed E-state index contributed by atoms with van der Waals surface area (Å²) in [4.78, 5) is 23.7. The summed E-state index contributed by atoms with van der Waals surface area (Å²) in [5, 5.41) is 12.2. The van der Waals surface area contributed by atoms with E-state index in [4.69, 9.17) is 21.1 Å². The first kappa shape index (κ1) is 21.8. The van der Waals surface area contributed by atoms with Crippen LogP contribution in [0.2, 0.25) is 5.02 Å². The van der Waals surface area contributed by atoms with Crippen LogP contribution in [0.4, 0.5) is 5.69 Å². The first-order valence-electron chi connectivity index (χ1n) is 8.62. The van der Waals surface area contributed by atoms with Gasteiger partial charge in [0.15, 0.2) is 18.1 Å². The molecular weight excluding hydrogens is 396 g/mol. The number of hydrogen-bond donors (Lipinski definition) is 1. The van der Waals surface area contributed by atoms with Gasteiger partial charge in [-0.25, -0.2) is 4.79 Å². The molecule has 8 heteroatoms. The van der Waals surface area contributed by atoms with Gasteiger partial charge in [0.25, 0.3) is 5.91 Å². The minimum Gasteiger partial charge on any atom is -0.490 e. The van der Waals surface area contributed by atoms with Crippen molar-refractivity contribution in [2.45, 2.75) is 6.92 Å². The van der Waals surface area contributed by atoms with Crippen LogP contribution in [0.3, 0.4) is 0 Å².